The molecule has 9 heteroatoms. The highest BCUT2D eigenvalue weighted by Gasteiger charge is 2.14. The van der Waals surface area contributed by atoms with Crippen LogP contribution in [0.3, 0.4) is 0 Å². The van der Waals surface area contributed by atoms with E-state index in [1.807, 2.05) is 6.07 Å². The van der Waals surface area contributed by atoms with Crippen molar-refractivity contribution in [2.45, 2.75) is 4.90 Å². The topological polar surface area (TPSA) is 84.5 Å². The van der Waals surface area contributed by atoms with Gasteiger partial charge in [0.1, 0.15) is 11.6 Å². The Morgan fingerprint density at radius 2 is 1.66 bits per heavy atom. The van der Waals surface area contributed by atoms with Gasteiger partial charge in [-0.1, -0.05) is 22.0 Å². The summed E-state index contributed by atoms with van der Waals surface area (Å²) in [6.45, 7) is -0.230. The number of hydrogen-bond acceptors (Lipinski definition) is 4. The molecular weight excluding hydrogens is 463 g/mol. The highest BCUT2D eigenvalue weighted by molar-refractivity contribution is 9.10. The second-order valence-electron chi connectivity index (χ2n) is 5.93. The van der Waals surface area contributed by atoms with E-state index in [0.29, 0.717) is 11.4 Å². The van der Waals surface area contributed by atoms with E-state index in [1.54, 1.807) is 18.2 Å². The third-order valence-corrected chi connectivity index (χ3v) is 5.60. The highest BCUT2D eigenvalue weighted by Crippen LogP contribution is 2.20. The minimum Gasteiger partial charge on any atom is -0.484 e. The number of ether oxygens (including phenoxy) is 1. The molecule has 150 valence electrons. The van der Waals surface area contributed by atoms with Gasteiger partial charge in [-0.05, 0) is 66.7 Å². The van der Waals surface area contributed by atoms with Crippen LogP contribution in [0.25, 0.3) is 0 Å². The van der Waals surface area contributed by atoms with Gasteiger partial charge in [0, 0.05) is 15.8 Å². The Kier molecular flexibility index (Phi) is 6.50. The molecule has 0 aliphatic heterocycles. The van der Waals surface area contributed by atoms with E-state index in [2.05, 4.69) is 26.0 Å². The summed E-state index contributed by atoms with van der Waals surface area (Å²) in [5.41, 5.74) is 0.872. The lowest BCUT2D eigenvalue weighted by atomic mass is 10.3. The minimum atomic E-state index is -3.83. The monoisotopic (exact) mass is 478 g/mol. The van der Waals surface area contributed by atoms with Crippen LogP contribution >= 0.6 is 15.9 Å². The van der Waals surface area contributed by atoms with Crippen molar-refractivity contribution >= 4 is 43.2 Å². The second-order valence-corrected chi connectivity index (χ2v) is 8.53. The predicted molar refractivity (Wildman–Crippen MR) is 112 cm³/mol. The molecule has 3 aromatic carbocycles. The summed E-state index contributed by atoms with van der Waals surface area (Å²) in [7, 11) is -3.83. The smallest absolute Gasteiger partial charge is 0.262 e. The zero-order valence-electron chi connectivity index (χ0n) is 14.9. The minimum absolute atomic E-state index is 0.00719. The van der Waals surface area contributed by atoms with Gasteiger partial charge in [-0.15, -0.1) is 0 Å². The van der Waals surface area contributed by atoms with Gasteiger partial charge in [0.25, 0.3) is 15.9 Å². The van der Waals surface area contributed by atoms with Gasteiger partial charge < -0.3 is 10.1 Å². The van der Waals surface area contributed by atoms with Gasteiger partial charge >= 0.3 is 0 Å². The van der Waals surface area contributed by atoms with E-state index in [9.17, 15) is 17.6 Å². The second kappa shape index (κ2) is 9.06. The van der Waals surface area contributed by atoms with E-state index in [1.165, 1.54) is 36.4 Å². The molecule has 0 fully saturated rings. The van der Waals surface area contributed by atoms with Gasteiger partial charge in [-0.2, -0.15) is 0 Å². The van der Waals surface area contributed by atoms with Crippen LogP contribution in [-0.2, 0) is 14.8 Å². The number of carbonyl (C=O) groups is 1. The predicted octanol–water partition coefficient (Wildman–Crippen LogP) is 4.41. The molecule has 3 rings (SSSR count). The van der Waals surface area contributed by atoms with Crippen LogP contribution < -0.4 is 14.8 Å². The fourth-order valence-corrected chi connectivity index (χ4v) is 3.82. The first kappa shape index (κ1) is 20.8. The maximum Gasteiger partial charge on any atom is 0.262 e. The number of sulfonamides is 1. The first-order valence-corrected chi connectivity index (χ1v) is 10.7. The molecule has 0 atom stereocenters. The zero-order valence-corrected chi connectivity index (χ0v) is 17.3. The summed E-state index contributed by atoms with van der Waals surface area (Å²) in [6.07, 6.45) is 0. The number of amides is 1. The molecule has 0 bridgehead atoms. The molecule has 0 aromatic heterocycles. The Labute approximate surface area is 175 Å². The molecule has 0 aliphatic rings. The lowest BCUT2D eigenvalue weighted by Crippen LogP contribution is -2.20. The van der Waals surface area contributed by atoms with Crippen LogP contribution in [0.4, 0.5) is 15.8 Å². The van der Waals surface area contributed by atoms with Crippen LogP contribution in [0.2, 0.25) is 0 Å². The molecule has 3 aromatic rings. The first-order chi connectivity index (χ1) is 13.8. The quantitative estimate of drug-likeness (QED) is 0.526. The summed E-state index contributed by atoms with van der Waals surface area (Å²) in [5, 5.41) is 2.69. The number of nitrogens with one attached hydrogen (secondary N) is 2. The largest absolute Gasteiger partial charge is 0.484 e. The maximum atomic E-state index is 12.9. The fourth-order valence-electron chi connectivity index (χ4n) is 2.36. The van der Waals surface area contributed by atoms with Gasteiger partial charge in [0.15, 0.2) is 6.61 Å². The molecule has 0 saturated carbocycles. The number of benzene rings is 3. The van der Waals surface area contributed by atoms with E-state index in [4.69, 9.17) is 4.74 Å². The van der Waals surface area contributed by atoms with Crippen LogP contribution in [0, 0.1) is 5.82 Å². The van der Waals surface area contributed by atoms with Crippen LogP contribution in [0.5, 0.6) is 5.75 Å². The van der Waals surface area contributed by atoms with Crippen molar-refractivity contribution in [1.82, 2.24) is 0 Å². The van der Waals surface area contributed by atoms with Crippen molar-refractivity contribution in [3.05, 3.63) is 83.1 Å². The van der Waals surface area contributed by atoms with Crippen molar-refractivity contribution in [3.8, 4) is 5.75 Å². The fraction of sp³-hybridized carbons (Fsp3) is 0.0500. The molecule has 0 heterocycles. The first-order valence-electron chi connectivity index (χ1n) is 8.38. The standard InChI is InChI=1S/C20H16BrFN2O4S/c21-14-2-1-3-17(12-14)23-20(25)13-28-18-8-10-19(11-9-18)29(26,27)24-16-6-4-15(22)5-7-16/h1-12,24H,13H2,(H,23,25). The van der Waals surface area contributed by atoms with Crippen LogP contribution in [-0.4, -0.2) is 20.9 Å². The molecule has 6 nitrogen and oxygen atoms in total. The molecule has 1 amide bonds. The van der Waals surface area contributed by atoms with Crippen molar-refractivity contribution in [1.29, 1.82) is 0 Å². The summed E-state index contributed by atoms with van der Waals surface area (Å²) in [5.74, 6) is -0.466. The summed E-state index contributed by atoms with van der Waals surface area (Å²) < 4.78 is 46.3. The molecule has 2 N–H and O–H groups in total. The van der Waals surface area contributed by atoms with Gasteiger partial charge in [0.2, 0.25) is 0 Å². The molecule has 0 unspecified atom stereocenters. The van der Waals surface area contributed by atoms with E-state index < -0.39 is 15.8 Å². The van der Waals surface area contributed by atoms with Crippen molar-refractivity contribution in [2.24, 2.45) is 0 Å². The number of anilines is 2. The lowest BCUT2D eigenvalue weighted by molar-refractivity contribution is -0.118. The summed E-state index contributed by atoms with van der Waals surface area (Å²) >= 11 is 3.32. The summed E-state index contributed by atoms with van der Waals surface area (Å²) in [6, 6.07) is 17.7. The Bertz CT molecular complexity index is 1100. The Morgan fingerprint density at radius 3 is 2.31 bits per heavy atom. The summed E-state index contributed by atoms with van der Waals surface area (Å²) in [4.78, 5) is 12.0. The van der Waals surface area contributed by atoms with Gasteiger partial charge in [-0.25, -0.2) is 12.8 Å². The number of carbonyl (C=O) groups excluding carboxylic acids is 1. The third-order valence-electron chi connectivity index (χ3n) is 3.71. The van der Waals surface area contributed by atoms with Gasteiger partial charge in [-0.3, -0.25) is 9.52 Å². The average Bonchev–Trinajstić information content (AvgIpc) is 2.68. The SMILES string of the molecule is O=C(COc1ccc(S(=O)(=O)Nc2ccc(F)cc2)cc1)Nc1cccc(Br)c1. The number of halogens is 2. The molecule has 0 spiro atoms. The van der Waals surface area contributed by atoms with Crippen molar-refractivity contribution < 1.29 is 22.3 Å². The number of hydrogen-bond donors (Lipinski definition) is 2. The Morgan fingerprint density at radius 1 is 0.966 bits per heavy atom. The molecule has 0 saturated heterocycles. The molecule has 0 radical (unpaired) electrons. The van der Waals surface area contributed by atoms with Crippen molar-refractivity contribution in [2.75, 3.05) is 16.6 Å². The lowest BCUT2D eigenvalue weighted by Gasteiger charge is -2.10. The van der Waals surface area contributed by atoms with Crippen molar-refractivity contribution in [3.63, 3.8) is 0 Å². The molecule has 29 heavy (non-hydrogen) atoms. The van der Waals surface area contributed by atoms with Crippen LogP contribution in [0.1, 0.15) is 0 Å². The third kappa shape index (κ3) is 6.03. The molecule has 0 aliphatic carbocycles. The Hall–Kier alpha value is -2.91. The highest BCUT2D eigenvalue weighted by atomic mass is 79.9. The zero-order chi connectivity index (χ0) is 20.9. The maximum absolute atomic E-state index is 12.9. The van der Waals surface area contributed by atoms with E-state index >= 15 is 0 Å². The normalized spacial score (nSPS) is 11.0. The average molecular weight is 479 g/mol. The van der Waals surface area contributed by atoms with Crippen LogP contribution in [0.15, 0.2) is 82.2 Å². The van der Waals surface area contributed by atoms with E-state index in [-0.39, 0.29) is 23.1 Å². The number of rotatable bonds is 7. The van der Waals surface area contributed by atoms with E-state index in [0.717, 1.165) is 16.6 Å². The Balaban J connectivity index is 1.58. The van der Waals surface area contributed by atoms with Gasteiger partial charge in [0.05, 0.1) is 4.90 Å². The molecular formula is C20H16BrFN2O4S.